The molecule has 0 heterocycles. The maximum Gasteiger partial charge on any atom is 0.342 e. The third kappa shape index (κ3) is 2.62. The molecule has 0 aliphatic carbocycles. The van der Waals surface area contributed by atoms with Crippen LogP contribution >= 0.6 is 0 Å². The van der Waals surface area contributed by atoms with E-state index in [9.17, 15) is 29.4 Å². The molecule has 1 aromatic carbocycles. The second-order valence-electron chi connectivity index (χ2n) is 4.29. The maximum absolute atomic E-state index is 11.8. The van der Waals surface area contributed by atoms with Gasteiger partial charge in [0.15, 0.2) is 11.6 Å². The monoisotopic (exact) mass is 310 g/mol. The van der Waals surface area contributed by atoms with Crippen molar-refractivity contribution in [1.29, 1.82) is 0 Å². The van der Waals surface area contributed by atoms with E-state index in [0.717, 1.165) is 28.1 Å². The van der Waals surface area contributed by atoms with Crippen LogP contribution in [0.15, 0.2) is 0 Å². The Bertz CT molecular complexity index is 628. The standard InChI is InChI=1S/C14H14O8/c1-5(15)7-8(6(2)16)12(18)10(14(20)22-4)9(11(7)17)13(19)21-3/h17-18H,1-4H3. The quantitative estimate of drug-likeness (QED) is 0.480. The fourth-order valence-electron chi connectivity index (χ4n) is 2.01. The summed E-state index contributed by atoms with van der Waals surface area (Å²) in [6.07, 6.45) is 0. The number of hydrogen-bond acceptors (Lipinski definition) is 8. The van der Waals surface area contributed by atoms with Crippen LogP contribution in [0.25, 0.3) is 0 Å². The summed E-state index contributed by atoms with van der Waals surface area (Å²) < 4.78 is 8.86. The van der Waals surface area contributed by atoms with Gasteiger partial charge in [-0.15, -0.1) is 0 Å². The number of hydrogen-bond donors (Lipinski definition) is 2. The van der Waals surface area contributed by atoms with Crippen molar-refractivity contribution >= 4 is 23.5 Å². The number of carbonyl (C=O) groups excluding carboxylic acids is 4. The Morgan fingerprint density at radius 1 is 0.682 bits per heavy atom. The van der Waals surface area contributed by atoms with Crippen LogP contribution in [-0.4, -0.2) is 47.9 Å². The number of methoxy groups -OCH3 is 2. The topological polar surface area (TPSA) is 127 Å². The second-order valence-corrected chi connectivity index (χ2v) is 4.29. The number of ketones is 2. The predicted molar refractivity (Wildman–Crippen MR) is 72.5 cm³/mol. The van der Waals surface area contributed by atoms with Crippen molar-refractivity contribution in [3.8, 4) is 11.5 Å². The van der Waals surface area contributed by atoms with E-state index >= 15 is 0 Å². The third-order valence-corrected chi connectivity index (χ3v) is 2.93. The van der Waals surface area contributed by atoms with Crippen LogP contribution in [-0.2, 0) is 9.47 Å². The van der Waals surface area contributed by atoms with Gasteiger partial charge in [0.1, 0.15) is 22.6 Å². The lowest BCUT2D eigenvalue weighted by molar-refractivity contribution is 0.0548. The lowest BCUT2D eigenvalue weighted by atomic mass is 9.91. The molecule has 0 unspecified atom stereocenters. The zero-order valence-corrected chi connectivity index (χ0v) is 12.3. The van der Waals surface area contributed by atoms with Gasteiger partial charge in [0.2, 0.25) is 0 Å². The lowest BCUT2D eigenvalue weighted by Crippen LogP contribution is -2.17. The lowest BCUT2D eigenvalue weighted by Gasteiger charge is -2.16. The molecule has 1 rings (SSSR count). The Labute approximate surface area is 125 Å². The minimum Gasteiger partial charge on any atom is -0.506 e. The van der Waals surface area contributed by atoms with Crippen molar-refractivity contribution in [3.05, 3.63) is 22.3 Å². The highest BCUT2D eigenvalue weighted by molar-refractivity contribution is 6.17. The van der Waals surface area contributed by atoms with Crippen molar-refractivity contribution in [2.24, 2.45) is 0 Å². The largest absolute Gasteiger partial charge is 0.506 e. The van der Waals surface area contributed by atoms with Crippen molar-refractivity contribution in [3.63, 3.8) is 0 Å². The van der Waals surface area contributed by atoms with Crippen molar-refractivity contribution in [2.75, 3.05) is 14.2 Å². The van der Waals surface area contributed by atoms with Gasteiger partial charge in [0.25, 0.3) is 0 Å². The van der Waals surface area contributed by atoms with Crippen molar-refractivity contribution in [2.45, 2.75) is 13.8 Å². The summed E-state index contributed by atoms with van der Waals surface area (Å²) in [6.45, 7) is 2.06. The van der Waals surface area contributed by atoms with Gasteiger partial charge in [-0.1, -0.05) is 0 Å². The van der Waals surface area contributed by atoms with Gasteiger partial charge >= 0.3 is 11.9 Å². The summed E-state index contributed by atoms with van der Waals surface area (Å²) in [7, 11) is 1.96. The molecule has 0 saturated carbocycles. The van der Waals surface area contributed by atoms with Gasteiger partial charge in [-0.05, 0) is 13.8 Å². The van der Waals surface area contributed by atoms with E-state index < -0.39 is 57.3 Å². The summed E-state index contributed by atoms with van der Waals surface area (Å²) in [5, 5.41) is 20.3. The number of esters is 2. The number of ether oxygens (including phenoxy) is 2. The Morgan fingerprint density at radius 2 is 0.955 bits per heavy atom. The molecule has 0 aliphatic heterocycles. The van der Waals surface area contributed by atoms with E-state index in [4.69, 9.17) is 0 Å². The van der Waals surface area contributed by atoms with E-state index in [1.165, 1.54) is 0 Å². The first-order valence-electron chi connectivity index (χ1n) is 5.99. The average molecular weight is 310 g/mol. The Kier molecular flexibility index (Phi) is 4.87. The van der Waals surface area contributed by atoms with E-state index in [-0.39, 0.29) is 0 Å². The molecule has 0 saturated heterocycles. The molecule has 0 aliphatic rings. The molecule has 22 heavy (non-hydrogen) atoms. The molecule has 8 nitrogen and oxygen atoms in total. The van der Waals surface area contributed by atoms with Gasteiger partial charge in [0.05, 0.1) is 25.3 Å². The number of aromatic hydroxyl groups is 2. The molecule has 1 aromatic rings. The minimum atomic E-state index is -1.18. The molecular formula is C14H14O8. The Morgan fingerprint density at radius 3 is 1.14 bits per heavy atom. The van der Waals surface area contributed by atoms with E-state index in [2.05, 4.69) is 9.47 Å². The van der Waals surface area contributed by atoms with Crippen LogP contribution in [0, 0.1) is 0 Å². The molecule has 2 N–H and O–H groups in total. The fraction of sp³-hybridized carbons (Fsp3) is 0.286. The zero-order chi connectivity index (χ0) is 17.2. The summed E-state index contributed by atoms with van der Waals surface area (Å²) >= 11 is 0. The van der Waals surface area contributed by atoms with Crippen LogP contribution in [0.4, 0.5) is 0 Å². The van der Waals surface area contributed by atoms with E-state index in [0.29, 0.717) is 0 Å². The van der Waals surface area contributed by atoms with Crippen molar-refractivity contribution in [1.82, 2.24) is 0 Å². The highest BCUT2D eigenvalue weighted by Gasteiger charge is 2.34. The van der Waals surface area contributed by atoms with Gasteiger partial charge < -0.3 is 19.7 Å². The van der Waals surface area contributed by atoms with Crippen molar-refractivity contribution < 1.29 is 38.9 Å². The molecule has 0 bridgehead atoms. The maximum atomic E-state index is 11.8. The van der Waals surface area contributed by atoms with Crippen LogP contribution in [0.5, 0.6) is 11.5 Å². The SMILES string of the molecule is COC(=O)c1c(O)c(C(C)=O)c(C(C)=O)c(O)c1C(=O)OC. The fourth-order valence-corrected chi connectivity index (χ4v) is 2.01. The predicted octanol–water partition coefficient (Wildman–Crippen LogP) is 1.08. The summed E-state index contributed by atoms with van der Waals surface area (Å²) in [5.74, 6) is -5.76. The molecule has 0 fully saturated rings. The number of Topliss-reactive ketones (excluding diaryl/α,β-unsaturated/α-hetero) is 2. The zero-order valence-electron chi connectivity index (χ0n) is 12.3. The molecule has 0 aromatic heterocycles. The highest BCUT2D eigenvalue weighted by atomic mass is 16.5. The van der Waals surface area contributed by atoms with Crippen LogP contribution < -0.4 is 0 Å². The Hall–Kier alpha value is -2.90. The first kappa shape index (κ1) is 17.2. The number of carbonyl (C=O) groups is 4. The smallest absolute Gasteiger partial charge is 0.342 e. The van der Waals surface area contributed by atoms with Gasteiger partial charge in [-0.3, -0.25) is 9.59 Å². The number of phenolic OH excluding ortho intramolecular Hbond substituents is 2. The molecule has 0 atom stereocenters. The number of phenols is 2. The number of rotatable bonds is 4. The first-order valence-corrected chi connectivity index (χ1v) is 5.99. The molecule has 8 heteroatoms. The van der Waals surface area contributed by atoms with E-state index in [1.54, 1.807) is 0 Å². The number of benzene rings is 1. The Balaban J connectivity index is 4.07. The summed E-state index contributed by atoms with van der Waals surface area (Å²) in [6, 6.07) is 0. The first-order chi connectivity index (χ1) is 10.2. The van der Waals surface area contributed by atoms with Gasteiger partial charge in [0, 0.05) is 0 Å². The second kappa shape index (κ2) is 6.25. The van der Waals surface area contributed by atoms with Crippen LogP contribution in [0.2, 0.25) is 0 Å². The van der Waals surface area contributed by atoms with Gasteiger partial charge in [-0.2, -0.15) is 0 Å². The highest BCUT2D eigenvalue weighted by Crippen LogP contribution is 2.39. The van der Waals surface area contributed by atoms with Gasteiger partial charge in [-0.25, -0.2) is 9.59 Å². The normalized spacial score (nSPS) is 10.0. The van der Waals surface area contributed by atoms with Crippen LogP contribution in [0.1, 0.15) is 55.3 Å². The van der Waals surface area contributed by atoms with Crippen LogP contribution in [0.3, 0.4) is 0 Å². The molecule has 0 amide bonds. The molecule has 0 spiro atoms. The third-order valence-electron chi connectivity index (χ3n) is 2.93. The minimum absolute atomic E-state index is 0.571. The average Bonchev–Trinajstić information content (AvgIpc) is 2.45. The van der Waals surface area contributed by atoms with E-state index in [1.807, 2.05) is 0 Å². The summed E-state index contributed by atoms with van der Waals surface area (Å²) in [5.41, 5.74) is -2.64. The molecule has 118 valence electrons. The molecule has 0 radical (unpaired) electrons. The summed E-state index contributed by atoms with van der Waals surface area (Å²) in [4.78, 5) is 46.9. The molecular weight excluding hydrogens is 296 g/mol.